The molecule has 0 radical (unpaired) electrons. The Bertz CT molecular complexity index is 1380. The normalized spacial score (nSPS) is 13.8. The van der Waals surface area contributed by atoms with Gasteiger partial charge in [0.15, 0.2) is 17.3 Å². The minimum atomic E-state index is -0.184. The fourth-order valence-electron chi connectivity index (χ4n) is 4.63. The number of carbonyl (C=O) groups is 1. The Morgan fingerprint density at radius 1 is 1.03 bits per heavy atom. The fourth-order valence-corrected chi connectivity index (χ4v) is 5.03. The van der Waals surface area contributed by atoms with Crippen LogP contribution in [0.1, 0.15) is 40.7 Å². The lowest BCUT2D eigenvalue weighted by atomic mass is 9.94. The number of methoxy groups -OCH3 is 2. The standard InChI is InChI=1S/C27H24BrN3O3/c1-4-19-20-14-22(33-2)23(34-3)15-21(20)25-24(19)26(29-18-12-8-11-17(28)13-18)30-31(25)27(32)16-9-6-5-7-10-16/h5-15,19H,4H2,1-3H3,(H,29,30). The van der Waals surface area contributed by atoms with Gasteiger partial charge < -0.3 is 14.8 Å². The second-order valence-electron chi connectivity index (χ2n) is 8.08. The third-order valence-corrected chi connectivity index (χ3v) is 6.66. The van der Waals surface area contributed by atoms with Crippen LogP contribution in [-0.4, -0.2) is 29.9 Å². The highest BCUT2D eigenvalue weighted by Crippen LogP contribution is 2.53. The summed E-state index contributed by atoms with van der Waals surface area (Å²) in [4.78, 5) is 13.6. The summed E-state index contributed by atoms with van der Waals surface area (Å²) in [5, 5.41) is 8.25. The fraction of sp³-hybridized carbons (Fsp3) is 0.185. The van der Waals surface area contributed by atoms with Crippen molar-refractivity contribution < 1.29 is 14.3 Å². The van der Waals surface area contributed by atoms with Crippen molar-refractivity contribution in [3.63, 3.8) is 0 Å². The molecule has 1 atom stereocenters. The summed E-state index contributed by atoms with van der Waals surface area (Å²) in [5.74, 6) is 1.82. The molecule has 1 unspecified atom stereocenters. The number of hydrogen-bond donors (Lipinski definition) is 1. The van der Waals surface area contributed by atoms with Crippen molar-refractivity contribution in [2.24, 2.45) is 0 Å². The van der Waals surface area contributed by atoms with Gasteiger partial charge in [0.1, 0.15) is 0 Å². The third kappa shape index (κ3) is 3.66. The van der Waals surface area contributed by atoms with Crippen LogP contribution in [0.2, 0.25) is 0 Å². The van der Waals surface area contributed by atoms with Gasteiger partial charge in [0.25, 0.3) is 5.91 Å². The summed E-state index contributed by atoms with van der Waals surface area (Å²) in [7, 11) is 3.25. The van der Waals surface area contributed by atoms with E-state index in [1.54, 1.807) is 26.4 Å². The monoisotopic (exact) mass is 517 g/mol. The second-order valence-corrected chi connectivity index (χ2v) is 9.00. The third-order valence-electron chi connectivity index (χ3n) is 6.17. The highest BCUT2D eigenvalue weighted by atomic mass is 79.9. The van der Waals surface area contributed by atoms with E-state index in [4.69, 9.17) is 14.6 Å². The number of hydrogen-bond acceptors (Lipinski definition) is 5. The Morgan fingerprint density at radius 2 is 1.76 bits per heavy atom. The van der Waals surface area contributed by atoms with Crippen molar-refractivity contribution in [1.29, 1.82) is 0 Å². The number of nitrogens with one attached hydrogen (secondary N) is 1. The molecule has 7 heteroatoms. The average Bonchev–Trinajstić information content (AvgIpc) is 3.38. The summed E-state index contributed by atoms with van der Waals surface area (Å²) < 4.78 is 13.6. The van der Waals surface area contributed by atoms with Gasteiger partial charge in [-0.15, -0.1) is 5.10 Å². The van der Waals surface area contributed by atoms with E-state index < -0.39 is 0 Å². The molecule has 0 saturated carbocycles. The van der Waals surface area contributed by atoms with Gasteiger partial charge in [-0.05, 0) is 54.4 Å². The van der Waals surface area contributed by atoms with Crippen molar-refractivity contribution in [2.75, 3.05) is 19.5 Å². The van der Waals surface area contributed by atoms with E-state index in [1.807, 2.05) is 54.6 Å². The molecule has 1 aromatic heterocycles. The Kier molecular flexibility index (Phi) is 5.87. The van der Waals surface area contributed by atoms with Gasteiger partial charge >= 0.3 is 0 Å². The molecule has 1 aliphatic carbocycles. The minimum absolute atomic E-state index is 0.0526. The quantitative estimate of drug-likeness (QED) is 0.311. The summed E-state index contributed by atoms with van der Waals surface area (Å²) in [6.07, 6.45) is 0.841. The van der Waals surface area contributed by atoms with Gasteiger partial charge in [-0.2, -0.15) is 4.68 Å². The molecule has 0 saturated heterocycles. The van der Waals surface area contributed by atoms with Gasteiger partial charge in [-0.1, -0.05) is 47.1 Å². The first-order valence-corrected chi connectivity index (χ1v) is 11.9. The van der Waals surface area contributed by atoms with Crippen LogP contribution in [0.5, 0.6) is 11.5 Å². The van der Waals surface area contributed by atoms with Crippen LogP contribution in [0.4, 0.5) is 11.5 Å². The van der Waals surface area contributed by atoms with Crippen molar-refractivity contribution in [3.05, 3.63) is 87.9 Å². The van der Waals surface area contributed by atoms with Crippen LogP contribution in [-0.2, 0) is 0 Å². The maximum Gasteiger partial charge on any atom is 0.278 e. The molecular formula is C27H24BrN3O3. The number of rotatable bonds is 6. The SMILES string of the molecule is CCC1c2cc(OC)c(OC)cc2-c2c1c(Nc1cccc(Br)c1)nn2C(=O)c1ccccc1. The number of nitrogens with zero attached hydrogens (tertiary/aromatic N) is 2. The smallest absolute Gasteiger partial charge is 0.278 e. The molecule has 0 bridgehead atoms. The Morgan fingerprint density at radius 3 is 2.44 bits per heavy atom. The largest absolute Gasteiger partial charge is 0.493 e. The number of aromatic nitrogens is 2. The van der Waals surface area contributed by atoms with Crippen LogP contribution in [0.15, 0.2) is 71.2 Å². The number of halogens is 1. The van der Waals surface area contributed by atoms with E-state index >= 15 is 0 Å². The van der Waals surface area contributed by atoms with E-state index in [-0.39, 0.29) is 11.8 Å². The van der Waals surface area contributed by atoms with Crippen LogP contribution in [0, 0.1) is 0 Å². The Labute approximate surface area is 206 Å². The molecule has 3 aromatic carbocycles. The predicted molar refractivity (Wildman–Crippen MR) is 136 cm³/mol. The second kappa shape index (κ2) is 8.99. The summed E-state index contributed by atoms with van der Waals surface area (Å²) in [5.41, 5.74) is 5.27. The van der Waals surface area contributed by atoms with Crippen LogP contribution in [0.3, 0.4) is 0 Å². The lowest BCUT2D eigenvalue weighted by Crippen LogP contribution is -2.15. The summed E-state index contributed by atoms with van der Waals surface area (Å²) >= 11 is 3.53. The highest BCUT2D eigenvalue weighted by molar-refractivity contribution is 9.10. The van der Waals surface area contributed by atoms with Gasteiger partial charge in [-0.25, -0.2) is 0 Å². The van der Waals surface area contributed by atoms with Gasteiger partial charge in [0, 0.05) is 32.8 Å². The van der Waals surface area contributed by atoms with E-state index in [2.05, 4.69) is 28.2 Å². The van der Waals surface area contributed by atoms with Crippen molar-refractivity contribution in [3.8, 4) is 22.8 Å². The minimum Gasteiger partial charge on any atom is -0.493 e. The van der Waals surface area contributed by atoms with Crippen molar-refractivity contribution in [2.45, 2.75) is 19.3 Å². The van der Waals surface area contributed by atoms with E-state index in [0.29, 0.717) is 22.9 Å². The zero-order chi connectivity index (χ0) is 23.8. The van der Waals surface area contributed by atoms with Crippen molar-refractivity contribution in [1.82, 2.24) is 9.78 Å². The molecule has 1 heterocycles. The number of fused-ring (bicyclic) bond motifs is 3. The molecular weight excluding hydrogens is 494 g/mol. The van der Waals surface area contributed by atoms with Crippen LogP contribution >= 0.6 is 15.9 Å². The topological polar surface area (TPSA) is 65.4 Å². The molecule has 0 aliphatic heterocycles. The molecule has 0 fully saturated rings. The van der Waals surface area contributed by atoms with Gasteiger partial charge in [0.05, 0.1) is 19.9 Å². The first kappa shape index (κ1) is 22.2. The average molecular weight is 518 g/mol. The maximum absolute atomic E-state index is 13.6. The molecule has 1 aliphatic rings. The zero-order valence-electron chi connectivity index (χ0n) is 19.1. The van der Waals surface area contributed by atoms with Gasteiger partial charge in [-0.3, -0.25) is 4.79 Å². The number of ether oxygens (including phenoxy) is 2. The molecule has 1 N–H and O–H groups in total. The first-order valence-electron chi connectivity index (χ1n) is 11.1. The molecule has 34 heavy (non-hydrogen) atoms. The number of carbonyl (C=O) groups excluding carboxylic acids is 1. The van der Waals surface area contributed by atoms with Gasteiger partial charge in [0.2, 0.25) is 0 Å². The molecule has 0 amide bonds. The molecule has 6 nitrogen and oxygen atoms in total. The predicted octanol–water partition coefficient (Wildman–Crippen LogP) is 6.62. The maximum atomic E-state index is 13.6. The van der Waals surface area contributed by atoms with E-state index in [9.17, 15) is 4.79 Å². The molecule has 5 rings (SSSR count). The van der Waals surface area contributed by atoms with Crippen molar-refractivity contribution >= 4 is 33.3 Å². The number of anilines is 2. The molecule has 0 spiro atoms. The highest BCUT2D eigenvalue weighted by Gasteiger charge is 2.38. The zero-order valence-corrected chi connectivity index (χ0v) is 20.7. The summed E-state index contributed by atoms with van der Waals surface area (Å²) in [6, 6.07) is 21.1. The Balaban J connectivity index is 1.74. The first-order chi connectivity index (χ1) is 16.5. The molecule has 172 valence electrons. The number of benzene rings is 3. The van der Waals surface area contributed by atoms with E-state index in [0.717, 1.165) is 39.0 Å². The summed E-state index contributed by atoms with van der Waals surface area (Å²) in [6.45, 7) is 2.14. The van der Waals surface area contributed by atoms with E-state index in [1.165, 1.54) is 4.68 Å². The van der Waals surface area contributed by atoms with Crippen LogP contribution in [0.25, 0.3) is 11.3 Å². The van der Waals surface area contributed by atoms with Crippen LogP contribution < -0.4 is 14.8 Å². The lowest BCUT2D eigenvalue weighted by Gasteiger charge is -2.15. The molecule has 4 aromatic rings. The lowest BCUT2D eigenvalue weighted by molar-refractivity contribution is 0.0947. The Hall–Kier alpha value is -3.58.